The van der Waals surface area contributed by atoms with Gasteiger partial charge in [-0.1, -0.05) is 13.8 Å². The van der Waals surface area contributed by atoms with Crippen LogP contribution in [0.25, 0.3) is 0 Å². The van der Waals surface area contributed by atoms with Gasteiger partial charge in [0.1, 0.15) is 0 Å². The number of nitrogens with one attached hydrogen (secondary N) is 2. The predicted molar refractivity (Wildman–Crippen MR) is 69.7 cm³/mol. The van der Waals surface area contributed by atoms with E-state index in [4.69, 9.17) is 5.73 Å². The van der Waals surface area contributed by atoms with E-state index in [1.807, 2.05) is 13.8 Å². The molecule has 0 radical (unpaired) electrons. The van der Waals surface area contributed by atoms with E-state index >= 15 is 0 Å². The van der Waals surface area contributed by atoms with Crippen molar-refractivity contribution in [3.63, 3.8) is 0 Å². The van der Waals surface area contributed by atoms with Crippen molar-refractivity contribution in [2.24, 2.45) is 11.7 Å². The van der Waals surface area contributed by atoms with Gasteiger partial charge in [-0.3, -0.25) is 19.7 Å². The highest BCUT2D eigenvalue weighted by molar-refractivity contribution is 6.22. The molecule has 0 spiro atoms. The van der Waals surface area contributed by atoms with Crippen molar-refractivity contribution in [2.75, 3.05) is 5.32 Å². The molecule has 100 valence electrons. The van der Waals surface area contributed by atoms with E-state index in [0.29, 0.717) is 11.3 Å². The summed E-state index contributed by atoms with van der Waals surface area (Å²) in [6, 6.07) is 3.93. The molecule has 4 N–H and O–H groups in total. The number of benzene rings is 1. The molecule has 1 aliphatic heterocycles. The number of fused-ring (bicyclic) bond motifs is 1. The van der Waals surface area contributed by atoms with Crippen LogP contribution in [0.2, 0.25) is 0 Å². The van der Waals surface area contributed by atoms with Crippen molar-refractivity contribution in [1.29, 1.82) is 0 Å². The van der Waals surface area contributed by atoms with Crippen LogP contribution in [0.5, 0.6) is 0 Å². The van der Waals surface area contributed by atoms with E-state index in [1.54, 1.807) is 6.07 Å². The lowest BCUT2D eigenvalue weighted by Crippen LogP contribution is -2.39. The van der Waals surface area contributed by atoms with Gasteiger partial charge in [0.15, 0.2) is 0 Å². The smallest absolute Gasteiger partial charge is 0.259 e. The quantitative estimate of drug-likeness (QED) is 0.689. The number of nitrogens with two attached hydrogens (primary N) is 1. The maximum Gasteiger partial charge on any atom is 0.259 e. The van der Waals surface area contributed by atoms with Crippen LogP contribution in [-0.4, -0.2) is 23.8 Å². The van der Waals surface area contributed by atoms with Gasteiger partial charge in [-0.2, -0.15) is 0 Å². The van der Waals surface area contributed by atoms with Crippen LogP contribution in [0.4, 0.5) is 5.69 Å². The molecule has 1 aromatic carbocycles. The van der Waals surface area contributed by atoms with Crippen molar-refractivity contribution >= 4 is 23.4 Å². The second-order valence-electron chi connectivity index (χ2n) is 4.80. The summed E-state index contributed by atoms with van der Waals surface area (Å²) in [5.41, 5.74) is 6.75. The molecule has 6 nitrogen and oxygen atoms in total. The van der Waals surface area contributed by atoms with Gasteiger partial charge in [-0.05, 0) is 24.1 Å². The zero-order valence-electron chi connectivity index (χ0n) is 10.7. The highest BCUT2D eigenvalue weighted by Crippen LogP contribution is 2.20. The lowest BCUT2D eigenvalue weighted by Gasteiger charge is -2.15. The van der Waals surface area contributed by atoms with Crippen LogP contribution in [0, 0.1) is 5.92 Å². The third-order valence-corrected chi connectivity index (χ3v) is 3.02. The number of amides is 3. The Hall–Kier alpha value is -2.21. The summed E-state index contributed by atoms with van der Waals surface area (Å²) in [7, 11) is 0. The standard InChI is InChI=1S/C13H15N3O3/c1-6(2)10(14)13(19)15-7-3-4-8-9(5-7)12(18)16-11(8)17/h3-6,10H,14H2,1-2H3,(H,15,19)(H,16,17,18). The number of anilines is 1. The Morgan fingerprint density at radius 1 is 1.21 bits per heavy atom. The molecule has 0 aromatic heterocycles. The van der Waals surface area contributed by atoms with Crippen LogP contribution >= 0.6 is 0 Å². The van der Waals surface area contributed by atoms with Crippen LogP contribution in [-0.2, 0) is 4.79 Å². The fourth-order valence-electron chi connectivity index (χ4n) is 1.77. The molecule has 1 heterocycles. The Morgan fingerprint density at radius 3 is 2.47 bits per heavy atom. The van der Waals surface area contributed by atoms with Gasteiger partial charge in [0.2, 0.25) is 5.91 Å². The molecule has 1 aliphatic rings. The third kappa shape index (κ3) is 2.48. The molecule has 1 atom stereocenters. The maximum atomic E-state index is 11.8. The number of hydrogen-bond donors (Lipinski definition) is 3. The van der Waals surface area contributed by atoms with Gasteiger partial charge in [-0.25, -0.2) is 0 Å². The number of hydrogen-bond acceptors (Lipinski definition) is 4. The summed E-state index contributed by atoms with van der Waals surface area (Å²) in [6.45, 7) is 3.69. The molecule has 0 bridgehead atoms. The first-order valence-electron chi connectivity index (χ1n) is 5.96. The lowest BCUT2D eigenvalue weighted by atomic mass is 10.0. The maximum absolute atomic E-state index is 11.8. The van der Waals surface area contributed by atoms with Crippen molar-refractivity contribution in [1.82, 2.24) is 5.32 Å². The molecule has 1 unspecified atom stereocenters. The zero-order chi connectivity index (χ0) is 14.2. The fraction of sp³-hybridized carbons (Fsp3) is 0.308. The fourth-order valence-corrected chi connectivity index (χ4v) is 1.77. The summed E-state index contributed by atoms with van der Waals surface area (Å²) in [4.78, 5) is 34.7. The lowest BCUT2D eigenvalue weighted by molar-refractivity contribution is -0.118. The Morgan fingerprint density at radius 2 is 1.84 bits per heavy atom. The molecule has 19 heavy (non-hydrogen) atoms. The summed E-state index contributed by atoms with van der Waals surface area (Å²) < 4.78 is 0. The average Bonchev–Trinajstić information content (AvgIpc) is 2.63. The van der Waals surface area contributed by atoms with Gasteiger partial charge in [0, 0.05) is 5.69 Å². The summed E-state index contributed by atoms with van der Waals surface area (Å²) in [5, 5.41) is 4.82. The summed E-state index contributed by atoms with van der Waals surface area (Å²) in [5.74, 6) is -1.18. The predicted octanol–water partition coefficient (Wildman–Crippen LogP) is 0.492. The average molecular weight is 261 g/mol. The molecule has 2 rings (SSSR count). The van der Waals surface area contributed by atoms with E-state index in [9.17, 15) is 14.4 Å². The minimum atomic E-state index is -0.622. The van der Waals surface area contributed by atoms with Gasteiger partial charge in [0.25, 0.3) is 11.8 Å². The molecule has 0 saturated heterocycles. The molecular formula is C13H15N3O3. The Balaban J connectivity index is 2.20. The van der Waals surface area contributed by atoms with Gasteiger partial charge < -0.3 is 11.1 Å². The number of imide groups is 1. The van der Waals surface area contributed by atoms with Crippen molar-refractivity contribution in [3.8, 4) is 0 Å². The van der Waals surface area contributed by atoms with E-state index in [2.05, 4.69) is 10.6 Å². The first-order valence-corrected chi connectivity index (χ1v) is 5.96. The molecule has 0 saturated carbocycles. The minimum Gasteiger partial charge on any atom is -0.325 e. The first-order chi connectivity index (χ1) is 8.90. The molecule has 0 fully saturated rings. The monoisotopic (exact) mass is 261 g/mol. The minimum absolute atomic E-state index is 0.0132. The van der Waals surface area contributed by atoms with E-state index in [1.165, 1.54) is 12.1 Å². The Kier molecular flexibility index (Phi) is 3.35. The number of carbonyl (C=O) groups is 3. The normalized spacial score (nSPS) is 15.2. The second kappa shape index (κ2) is 4.81. The Bertz CT molecular complexity index is 566. The number of carbonyl (C=O) groups excluding carboxylic acids is 3. The SMILES string of the molecule is CC(C)C(N)C(=O)Nc1ccc2c(c1)C(=O)NC2=O. The molecule has 3 amide bonds. The number of rotatable bonds is 3. The first kappa shape index (κ1) is 13.2. The van der Waals surface area contributed by atoms with E-state index in [-0.39, 0.29) is 17.4 Å². The van der Waals surface area contributed by atoms with Gasteiger partial charge >= 0.3 is 0 Å². The summed E-state index contributed by atoms with van der Waals surface area (Å²) >= 11 is 0. The van der Waals surface area contributed by atoms with Crippen molar-refractivity contribution < 1.29 is 14.4 Å². The van der Waals surface area contributed by atoms with Crippen LogP contribution in [0.15, 0.2) is 18.2 Å². The largest absolute Gasteiger partial charge is 0.325 e. The highest BCUT2D eigenvalue weighted by Gasteiger charge is 2.27. The molecule has 1 aromatic rings. The molecule has 0 aliphatic carbocycles. The summed E-state index contributed by atoms with van der Waals surface area (Å²) in [6.07, 6.45) is 0. The topological polar surface area (TPSA) is 101 Å². The molecule has 6 heteroatoms. The van der Waals surface area contributed by atoms with E-state index in [0.717, 1.165) is 0 Å². The van der Waals surface area contributed by atoms with Crippen LogP contribution in [0.1, 0.15) is 34.6 Å². The van der Waals surface area contributed by atoms with Gasteiger partial charge in [0.05, 0.1) is 17.2 Å². The van der Waals surface area contributed by atoms with Crippen molar-refractivity contribution in [2.45, 2.75) is 19.9 Å². The Labute approximate surface area is 110 Å². The van der Waals surface area contributed by atoms with Gasteiger partial charge in [-0.15, -0.1) is 0 Å². The van der Waals surface area contributed by atoms with Crippen LogP contribution in [0.3, 0.4) is 0 Å². The van der Waals surface area contributed by atoms with Crippen molar-refractivity contribution in [3.05, 3.63) is 29.3 Å². The molecular weight excluding hydrogens is 246 g/mol. The highest BCUT2D eigenvalue weighted by atomic mass is 16.2. The second-order valence-corrected chi connectivity index (χ2v) is 4.80. The third-order valence-electron chi connectivity index (χ3n) is 3.02. The zero-order valence-corrected chi connectivity index (χ0v) is 10.7. The van der Waals surface area contributed by atoms with E-state index < -0.39 is 17.9 Å². The van der Waals surface area contributed by atoms with Crippen LogP contribution < -0.4 is 16.4 Å².